The van der Waals surface area contributed by atoms with Gasteiger partial charge in [0.25, 0.3) is 0 Å². The molecule has 0 aromatic heterocycles. The summed E-state index contributed by atoms with van der Waals surface area (Å²) in [5, 5.41) is 2.72. The molecule has 0 aliphatic rings. The summed E-state index contributed by atoms with van der Waals surface area (Å²) in [5.74, 6) is -0.509. The minimum atomic E-state index is -4.27. The number of hydrogen-bond acceptors (Lipinski definition) is 1. The van der Waals surface area contributed by atoms with Crippen molar-refractivity contribution in [2.45, 2.75) is 32.5 Å². The van der Waals surface area contributed by atoms with Gasteiger partial charge in [0.15, 0.2) is 0 Å². The summed E-state index contributed by atoms with van der Waals surface area (Å²) < 4.78 is 50.3. The molecule has 0 fully saturated rings. The van der Waals surface area contributed by atoms with Crippen molar-refractivity contribution in [3.05, 3.63) is 35.1 Å². The van der Waals surface area contributed by atoms with Crippen LogP contribution in [0, 0.1) is 12.7 Å². The van der Waals surface area contributed by atoms with Gasteiger partial charge in [-0.15, -0.1) is 0 Å². The van der Waals surface area contributed by atoms with Gasteiger partial charge in [-0.2, -0.15) is 13.2 Å². The maximum atomic E-state index is 13.2. The third-order valence-electron chi connectivity index (χ3n) is 2.35. The summed E-state index contributed by atoms with van der Waals surface area (Å²) in [6.07, 6.45) is -5.27. The number of rotatable bonds is 4. The predicted molar refractivity (Wildman–Crippen MR) is 58.2 cm³/mol. The Morgan fingerprint density at radius 1 is 1.24 bits per heavy atom. The molecule has 1 aromatic carbocycles. The molecule has 0 aliphatic carbocycles. The monoisotopic (exact) mass is 249 g/mol. The van der Waals surface area contributed by atoms with E-state index in [0.717, 1.165) is 6.07 Å². The SMILES string of the molecule is CCNC(CC(F)(F)F)c1cc(C)cc(F)c1. The normalized spacial score (nSPS) is 13.8. The van der Waals surface area contributed by atoms with Gasteiger partial charge < -0.3 is 5.32 Å². The maximum Gasteiger partial charge on any atom is 0.390 e. The molecule has 17 heavy (non-hydrogen) atoms. The zero-order chi connectivity index (χ0) is 13.1. The van der Waals surface area contributed by atoms with Gasteiger partial charge in [0.1, 0.15) is 5.82 Å². The molecule has 0 heterocycles. The van der Waals surface area contributed by atoms with Crippen LogP contribution in [0.2, 0.25) is 0 Å². The van der Waals surface area contributed by atoms with Gasteiger partial charge in [-0.05, 0) is 36.7 Å². The second-order valence-electron chi connectivity index (χ2n) is 3.99. The fourth-order valence-corrected chi connectivity index (χ4v) is 1.75. The summed E-state index contributed by atoms with van der Waals surface area (Å²) in [4.78, 5) is 0. The van der Waals surface area contributed by atoms with Gasteiger partial charge in [-0.3, -0.25) is 0 Å². The Hall–Kier alpha value is -1.10. The van der Waals surface area contributed by atoms with Crippen LogP contribution in [-0.4, -0.2) is 12.7 Å². The van der Waals surface area contributed by atoms with E-state index in [-0.39, 0.29) is 0 Å². The van der Waals surface area contributed by atoms with E-state index < -0.39 is 24.5 Å². The molecule has 1 unspecified atom stereocenters. The van der Waals surface area contributed by atoms with Crippen LogP contribution in [0.5, 0.6) is 0 Å². The van der Waals surface area contributed by atoms with E-state index in [1.54, 1.807) is 19.9 Å². The van der Waals surface area contributed by atoms with Crippen LogP contribution in [0.4, 0.5) is 17.6 Å². The Morgan fingerprint density at radius 3 is 2.35 bits per heavy atom. The van der Waals surface area contributed by atoms with E-state index in [4.69, 9.17) is 0 Å². The lowest BCUT2D eigenvalue weighted by Crippen LogP contribution is -2.26. The van der Waals surface area contributed by atoms with Crippen LogP contribution in [0.25, 0.3) is 0 Å². The van der Waals surface area contributed by atoms with E-state index >= 15 is 0 Å². The Kier molecular flexibility index (Phi) is 4.51. The molecule has 0 saturated carbocycles. The van der Waals surface area contributed by atoms with Crippen molar-refractivity contribution in [3.63, 3.8) is 0 Å². The zero-order valence-corrected chi connectivity index (χ0v) is 9.74. The summed E-state index contributed by atoms with van der Waals surface area (Å²) in [5.41, 5.74) is 0.951. The number of aryl methyl sites for hydroxylation is 1. The van der Waals surface area contributed by atoms with Crippen LogP contribution in [-0.2, 0) is 0 Å². The quantitative estimate of drug-likeness (QED) is 0.801. The molecule has 1 nitrogen and oxygen atoms in total. The lowest BCUT2D eigenvalue weighted by atomic mass is 10.0. The molecule has 5 heteroatoms. The van der Waals surface area contributed by atoms with Crippen molar-refractivity contribution in [2.75, 3.05) is 6.54 Å². The molecule has 1 atom stereocenters. The molecule has 0 spiro atoms. The number of benzene rings is 1. The molecular formula is C12H15F4N. The first-order valence-corrected chi connectivity index (χ1v) is 5.39. The highest BCUT2D eigenvalue weighted by Gasteiger charge is 2.32. The van der Waals surface area contributed by atoms with Crippen LogP contribution < -0.4 is 5.32 Å². The highest BCUT2D eigenvalue weighted by Crippen LogP contribution is 2.30. The summed E-state index contributed by atoms with van der Waals surface area (Å²) in [6, 6.07) is 3.11. The molecule has 0 radical (unpaired) electrons. The Labute approximate surface area is 97.8 Å². The first-order valence-electron chi connectivity index (χ1n) is 5.39. The Morgan fingerprint density at radius 2 is 1.88 bits per heavy atom. The van der Waals surface area contributed by atoms with Crippen LogP contribution in [0.3, 0.4) is 0 Å². The van der Waals surface area contributed by atoms with Crippen LogP contribution in [0.15, 0.2) is 18.2 Å². The van der Waals surface area contributed by atoms with E-state index in [2.05, 4.69) is 5.32 Å². The zero-order valence-electron chi connectivity index (χ0n) is 9.74. The summed E-state index contributed by atoms with van der Waals surface area (Å²) >= 11 is 0. The van der Waals surface area contributed by atoms with E-state index in [0.29, 0.717) is 17.7 Å². The molecule has 1 aromatic rings. The first-order chi connectivity index (χ1) is 7.81. The van der Waals surface area contributed by atoms with Crippen molar-refractivity contribution in [1.29, 1.82) is 0 Å². The highest BCUT2D eigenvalue weighted by atomic mass is 19.4. The lowest BCUT2D eigenvalue weighted by molar-refractivity contribution is -0.140. The van der Waals surface area contributed by atoms with Crippen molar-refractivity contribution in [1.82, 2.24) is 5.32 Å². The van der Waals surface area contributed by atoms with Crippen molar-refractivity contribution in [3.8, 4) is 0 Å². The van der Waals surface area contributed by atoms with E-state index in [9.17, 15) is 17.6 Å². The summed E-state index contributed by atoms with van der Waals surface area (Å²) in [7, 11) is 0. The van der Waals surface area contributed by atoms with Crippen LogP contribution >= 0.6 is 0 Å². The second-order valence-corrected chi connectivity index (χ2v) is 3.99. The third kappa shape index (κ3) is 4.73. The van der Waals surface area contributed by atoms with E-state index in [1.165, 1.54) is 6.07 Å². The highest BCUT2D eigenvalue weighted by molar-refractivity contribution is 5.26. The van der Waals surface area contributed by atoms with Gasteiger partial charge in [-0.1, -0.05) is 13.0 Å². The Bertz CT molecular complexity index is 353. The fraction of sp³-hybridized carbons (Fsp3) is 0.500. The maximum absolute atomic E-state index is 13.2. The minimum absolute atomic E-state index is 0.335. The van der Waals surface area contributed by atoms with E-state index in [1.807, 2.05) is 0 Å². The van der Waals surface area contributed by atoms with Crippen molar-refractivity contribution < 1.29 is 17.6 Å². The minimum Gasteiger partial charge on any atom is -0.310 e. The van der Waals surface area contributed by atoms with Crippen molar-refractivity contribution in [2.24, 2.45) is 0 Å². The molecule has 0 amide bonds. The number of hydrogen-bond donors (Lipinski definition) is 1. The first kappa shape index (κ1) is 14.0. The largest absolute Gasteiger partial charge is 0.390 e. The number of halogens is 4. The molecule has 96 valence electrons. The Balaban J connectivity index is 2.96. The van der Waals surface area contributed by atoms with Crippen LogP contribution in [0.1, 0.15) is 30.5 Å². The summed E-state index contributed by atoms with van der Waals surface area (Å²) in [6.45, 7) is 3.77. The molecule has 0 saturated heterocycles. The van der Waals surface area contributed by atoms with Gasteiger partial charge in [0.2, 0.25) is 0 Å². The molecular weight excluding hydrogens is 234 g/mol. The molecule has 0 aliphatic heterocycles. The standard InChI is InChI=1S/C12H15F4N/c1-3-17-11(7-12(14,15)16)9-4-8(2)5-10(13)6-9/h4-6,11,17H,3,7H2,1-2H3. The second kappa shape index (κ2) is 5.49. The lowest BCUT2D eigenvalue weighted by Gasteiger charge is -2.20. The molecule has 1 rings (SSSR count). The smallest absolute Gasteiger partial charge is 0.310 e. The molecule has 0 bridgehead atoms. The number of nitrogens with one attached hydrogen (secondary N) is 1. The average Bonchev–Trinajstić information content (AvgIpc) is 2.13. The van der Waals surface area contributed by atoms with Crippen molar-refractivity contribution >= 4 is 0 Å². The third-order valence-corrected chi connectivity index (χ3v) is 2.35. The van der Waals surface area contributed by atoms with Gasteiger partial charge >= 0.3 is 6.18 Å². The average molecular weight is 249 g/mol. The number of alkyl halides is 3. The van der Waals surface area contributed by atoms with Gasteiger partial charge in [-0.25, -0.2) is 4.39 Å². The van der Waals surface area contributed by atoms with Gasteiger partial charge in [0, 0.05) is 6.04 Å². The topological polar surface area (TPSA) is 12.0 Å². The molecule has 1 N–H and O–H groups in total. The predicted octanol–water partition coefficient (Wildman–Crippen LogP) is 3.74. The van der Waals surface area contributed by atoms with Gasteiger partial charge in [0.05, 0.1) is 6.42 Å². The fourth-order valence-electron chi connectivity index (χ4n) is 1.75.